The molecule has 0 atom stereocenters. The normalized spacial score (nSPS) is 13.0. The smallest absolute Gasteiger partial charge is 0.200 e. The van der Waals surface area contributed by atoms with Gasteiger partial charge in [-0.25, -0.2) is 0 Å². The monoisotopic (exact) mass is 462 g/mol. The number of hydrogen-bond donors (Lipinski definition) is 0. The maximum atomic E-state index is 13.4. The zero-order valence-electron chi connectivity index (χ0n) is 18.2. The van der Waals surface area contributed by atoms with Crippen LogP contribution in [0.15, 0.2) is 70.1 Å². The molecule has 3 aromatic carbocycles. The average molecular weight is 463 g/mol. The van der Waals surface area contributed by atoms with Crippen molar-refractivity contribution in [3.63, 3.8) is 0 Å². The predicted molar refractivity (Wildman–Crippen MR) is 129 cm³/mol. The van der Waals surface area contributed by atoms with E-state index in [9.17, 15) is 4.79 Å². The fourth-order valence-electron chi connectivity index (χ4n) is 3.93. The highest BCUT2D eigenvalue weighted by atomic mass is 35.5. The second-order valence-electron chi connectivity index (χ2n) is 7.92. The number of rotatable bonds is 5. The van der Waals surface area contributed by atoms with Crippen LogP contribution >= 0.6 is 11.6 Å². The first-order valence-electron chi connectivity index (χ1n) is 11.0. The van der Waals surface area contributed by atoms with Crippen molar-refractivity contribution >= 4 is 22.6 Å². The summed E-state index contributed by atoms with van der Waals surface area (Å²) in [5, 5.41) is 1.19. The highest BCUT2D eigenvalue weighted by Crippen LogP contribution is 2.34. The van der Waals surface area contributed by atoms with Gasteiger partial charge in [0.15, 0.2) is 11.5 Å². The van der Waals surface area contributed by atoms with Gasteiger partial charge in [0.2, 0.25) is 5.43 Å². The molecule has 1 aliphatic heterocycles. The van der Waals surface area contributed by atoms with E-state index >= 15 is 0 Å². The summed E-state index contributed by atoms with van der Waals surface area (Å²) in [6, 6.07) is 16.7. The molecule has 0 saturated carbocycles. The van der Waals surface area contributed by atoms with Crippen LogP contribution in [-0.2, 0) is 13.0 Å². The molecule has 0 saturated heterocycles. The fraction of sp³-hybridized carbons (Fsp3) is 0.222. The van der Waals surface area contributed by atoms with Crippen molar-refractivity contribution in [3.8, 4) is 28.4 Å². The number of ether oxygens (including phenoxy) is 3. The van der Waals surface area contributed by atoms with E-state index in [0.717, 1.165) is 23.1 Å². The minimum Gasteiger partial charge on any atom is -0.490 e. The van der Waals surface area contributed by atoms with Crippen LogP contribution < -0.4 is 19.6 Å². The van der Waals surface area contributed by atoms with Gasteiger partial charge in [-0.05, 0) is 53.4 Å². The Hall–Kier alpha value is -3.44. The van der Waals surface area contributed by atoms with Gasteiger partial charge in [0.25, 0.3) is 0 Å². The molecular formula is C27H23ClO5. The summed E-state index contributed by atoms with van der Waals surface area (Å²) >= 11 is 6.07. The summed E-state index contributed by atoms with van der Waals surface area (Å²) < 4.78 is 23.4. The lowest BCUT2D eigenvalue weighted by molar-refractivity contribution is 0.297. The summed E-state index contributed by atoms with van der Waals surface area (Å²) in [5.74, 6) is 2.02. The van der Waals surface area contributed by atoms with Gasteiger partial charge in [-0.15, -0.1) is 0 Å². The van der Waals surface area contributed by atoms with E-state index in [1.54, 1.807) is 6.07 Å². The van der Waals surface area contributed by atoms with Gasteiger partial charge >= 0.3 is 0 Å². The third kappa shape index (κ3) is 4.41. The lowest BCUT2D eigenvalue weighted by Crippen LogP contribution is -2.07. The number of fused-ring (bicyclic) bond motifs is 2. The van der Waals surface area contributed by atoms with E-state index in [4.69, 9.17) is 30.2 Å². The summed E-state index contributed by atoms with van der Waals surface area (Å²) in [5.41, 5.74) is 3.50. The molecule has 4 aromatic rings. The second kappa shape index (κ2) is 9.20. The number of aryl methyl sites for hydroxylation is 1. The maximum Gasteiger partial charge on any atom is 0.200 e. The predicted octanol–water partition coefficient (Wildman–Crippen LogP) is 6.42. The Balaban J connectivity index is 1.50. The first-order valence-corrected chi connectivity index (χ1v) is 11.4. The molecule has 5 rings (SSSR count). The van der Waals surface area contributed by atoms with Crippen molar-refractivity contribution in [1.82, 2.24) is 0 Å². The molecule has 6 heteroatoms. The Bertz CT molecular complexity index is 1380. The SMILES string of the molecule is CCc1cc2c(=O)c(-c3ccc4c(c3)OCCCO4)coc2cc1OCc1cccc(Cl)c1. The summed E-state index contributed by atoms with van der Waals surface area (Å²) in [4.78, 5) is 13.4. The van der Waals surface area contributed by atoms with Crippen LogP contribution in [0.4, 0.5) is 0 Å². The summed E-state index contributed by atoms with van der Waals surface area (Å²) in [6.45, 7) is 3.60. The van der Waals surface area contributed by atoms with Gasteiger partial charge < -0.3 is 18.6 Å². The first-order chi connectivity index (χ1) is 16.1. The molecule has 0 amide bonds. The Labute approximate surface area is 196 Å². The lowest BCUT2D eigenvalue weighted by atomic mass is 10.0. The Kier molecular flexibility index (Phi) is 5.97. The molecule has 0 N–H and O–H groups in total. The van der Waals surface area contributed by atoms with Crippen LogP contribution in [0.5, 0.6) is 17.2 Å². The molecule has 1 aliphatic rings. The van der Waals surface area contributed by atoms with Crippen molar-refractivity contribution in [2.75, 3.05) is 13.2 Å². The second-order valence-corrected chi connectivity index (χ2v) is 8.36. The van der Waals surface area contributed by atoms with Gasteiger partial charge in [-0.3, -0.25) is 4.79 Å². The fourth-order valence-corrected chi connectivity index (χ4v) is 4.14. The Morgan fingerprint density at radius 1 is 1.00 bits per heavy atom. The molecule has 2 heterocycles. The first kappa shape index (κ1) is 21.4. The third-order valence-corrected chi connectivity index (χ3v) is 5.91. The molecule has 5 nitrogen and oxygen atoms in total. The van der Waals surface area contributed by atoms with Crippen molar-refractivity contribution in [1.29, 1.82) is 0 Å². The highest BCUT2D eigenvalue weighted by Gasteiger charge is 2.16. The van der Waals surface area contributed by atoms with Crippen molar-refractivity contribution in [2.45, 2.75) is 26.4 Å². The van der Waals surface area contributed by atoms with E-state index in [-0.39, 0.29) is 5.43 Å². The van der Waals surface area contributed by atoms with Crippen molar-refractivity contribution in [3.05, 3.63) is 87.2 Å². The Morgan fingerprint density at radius 2 is 1.85 bits per heavy atom. The van der Waals surface area contributed by atoms with Crippen molar-refractivity contribution < 1.29 is 18.6 Å². The van der Waals surface area contributed by atoms with Crippen LogP contribution in [0.3, 0.4) is 0 Å². The molecule has 0 radical (unpaired) electrons. The third-order valence-electron chi connectivity index (χ3n) is 5.68. The summed E-state index contributed by atoms with van der Waals surface area (Å²) in [6.07, 6.45) is 3.04. The van der Waals surface area contributed by atoms with Crippen LogP contribution in [0.1, 0.15) is 24.5 Å². The zero-order chi connectivity index (χ0) is 22.8. The van der Waals surface area contributed by atoms with Gasteiger partial charge in [-0.1, -0.05) is 36.7 Å². The van der Waals surface area contributed by atoms with E-state index in [1.807, 2.05) is 55.5 Å². The van der Waals surface area contributed by atoms with Gasteiger partial charge in [0, 0.05) is 17.5 Å². The van der Waals surface area contributed by atoms with Gasteiger partial charge in [-0.2, -0.15) is 0 Å². The quantitative estimate of drug-likeness (QED) is 0.342. The number of benzene rings is 3. The molecule has 33 heavy (non-hydrogen) atoms. The standard InChI is InChI=1S/C27H23ClO5/c1-2-18-12-21-25(14-24(18)32-15-17-5-3-6-20(28)11-17)33-16-22(27(21)29)19-7-8-23-26(13-19)31-10-4-9-30-23/h3,5-8,11-14,16H,2,4,9-10,15H2,1H3. The topological polar surface area (TPSA) is 57.9 Å². The molecule has 0 bridgehead atoms. The van der Waals surface area contributed by atoms with Gasteiger partial charge in [0.05, 0.1) is 24.2 Å². The minimum atomic E-state index is -0.0955. The largest absolute Gasteiger partial charge is 0.490 e. The average Bonchev–Trinajstić information content (AvgIpc) is 3.07. The van der Waals surface area contributed by atoms with E-state index < -0.39 is 0 Å². The molecule has 0 unspecified atom stereocenters. The molecule has 0 fully saturated rings. The van der Waals surface area contributed by atoms with Crippen LogP contribution in [0.25, 0.3) is 22.1 Å². The van der Waals surface area contributed by atoms with E-state index in [1.165, 1.54) is 6.26 Å². The Morgan fingerprint density at radius 3 is 2.67 bits per heavy atom. The molecular weight excluding hydrogens is 440 g/mol. The number of halogens is 1. The van der Waals surface area contributed by atoms with E-state index in [2.05, 4.69) is 0 Å². The van der Waals surface area contributed by atoms with Crippen LogP contribution in [-0.4, -0.2) is 13.2 Å². The number of hydrogen-bond acceptors (Lipinski definition) is 5. The maximum absolute atomic E-state index is 13.4. The zero-order valence-corrected chi connectivity index (χ0v) is 19.0. The van der Waals surface area contributed by atoms with Crippen LogP contribution in [0.2, 0.25) is 5.02 Å². The van der Waals surface area contributed by atoms with Crippen LogP contribution in [0, 0.1) is 0 Å². The summed E-state index contributed by atoms with van der Waals surface area (Å²) in [7, 11) is 0. The molecule has 0 aliphatic carbocycles. The molecule has 168 valence electrons. The van der Waals surface area contributed by atoms with E-state index in [0.29, 0.717) is 65.0 Å². The van der Waals surface area contributed by atoms with Gasteiger partial charge in [0.1, 0.15) is 24.2 Å². The molecule has 0 spiro atoms. The highest BCUT2D eigenvalue weighted by molar-refractivity contribution is 6.30. The lowest BCUT2D eigenvalue weighted by Gasteiger charge is -2.13. The minimum absolute atomic E-state index is 0.0955. The van der Waals surface area contributed by atoms with Crippen molar-refractivity contribution in [2.24, 2.45) is 0 Å². The molecule has 1 aromatic heterocycles.